The highest BCUT2D eigenvalue weighted by Gasteiger charge is 2.51. The molecular formula is C31H19Br. The Kier molecular flexibility index (Phi) is 3.72. The molecule has 150 valence electrons. The van der Waals surface area contributed by atoms with Crippen LogP contribution >= 0.6 is 15.9 Å². The molecule has 0 fully saturated rings. The number of halogens is 1. The maximum atomic E-state index is 3.65. The second-order valence-corrected chi connectivity index (χ2v) is 9.57. The van der Waals surface area contributed by atoms with Crippen LogP contribution in [0.1, 0.15) is 22.3 Å². The molecule has 1 heteroatoms. The zero-order valence-electron chi connectivity index (χ0n) is 17.3. The van der Waals surface area contributed by atoms with E-state index in [0.717, 1.165) is 4.47 Å². The summed E-state index contributed by atoms with van der Waals surface area (Å²) in [5, 5.41) is 0. The van der Waals surface area contributed by atoms with E-state index < -0.39 is 0 Å². The average Bonchev–Trinajstić information content (AvgIpc) is 3.31. The zero-order chi connectivity index (χ0) is 21.3. The maximum Gasteiger partial charge on any atom is 0.0725 e. The third kappa shape index (κ3) is 2.22. The topological polar surface area (TPSA) is 0 Å². The summed E-state index contributed by atoms with van der Waals surface area (Å²) in [4.78, 5) is 0. The lowest BCUT2D eigenvalue weighted by Crippen LogP contribution is -2.25. The van der Waals surface area contributed by atoms with E-state index in [1.54, 1.807) is 0 Å². The van der Waals surface area contributed by atoms with Gasteiger partial charge in [0, 0.05) is 4.47 Å². The van der Waals surface area contributed by atoms with Crippen LogP contribution in [0.2, 0.25) is 0 Å². The summed E-state index contributed by atoms with van der Waals surface area (Å²) >= 11 is 3.65. The molecule has 0 radical (unpaired) electrons. The fourth-order valence-corrected chi connectivity index (χ4v) is 6.34. The molecule has 2 aliphatic rings. The molecule has 2 aliphatic carbocycles. The van der Waals surface area contributed by atoms with Gasteiger partial charge in [-0.05, 0) is 73.8 Å². The second-order valence-electron chi connectivity index (χ2n) is 8.66. The molecule has 5 aromatic rings. The molecule has 32 heavy (non-hydrogen) atoms. The molecule has 0 N–H and O–H groups in total. The Balaban J connectivity index is 1.63. The Morgan fingerprint density at radius 1 is 0.406 bits per heavy atom. The van der Waals surface area contributed by atoms with Gasteiger partial charge in [0.25, 0.3) is 0 Å². The predicted octanol–water partition coefficient (Wildman–Crippen LogP) is 8.46. The molecule has 0 unspecified atom stereocenters. The Labute approximate surface area is 196 Å². The lowest BCUT2D eigenvalue weighted by atomic mass is 9.70. The molecule has 0 aromatic heterocycles. The van der Waals surface area contributed by atoms with Gasteiger partial charge in [0.05, 0.1) is 5.41 Å². The van der Waals surface area contributed by atoms with E-state index in [4.69, 9.17) is 0 Å². The molecule has 5 aromatic carbocycles. The first kappa shape index (κ1) is 18.2. The van der Waals surface area contributed by atoms with Crippen LogP contribution in [0.15, 0.2) is 120 Å². The number of hydrogen-bond donors (Lipinski definition) is 0. The summed E-state index contributed by atoms with van der Waals surface area (Å²) in [7, 11) is 0. The largest absolute Gasteiger partial charge is 0.0725 e. The second kappa shape index (κ2) is 6.54. The van der Waals surface area contributed by atoms with Gasteiger partial charge in [-0.3, -0.25) is 0 Å². The van der Waals surface area contributed by atoms with Crippen molar-refractivity contribution in [2.45, 2.75) is 5.41 Å². The van der Waals surface area contributed by atoms with Gasteiger partial charge in [-0.15, -0.1) is 0 Å². The van der Waals surface area contributed by atoms with Gasteiger partial charge in [0.1, 0.15) is 0 Å². The van der Waals surface area contributed by atoms with Gasteiger partial charge in [-0.2, -0.15) is 0 Å². The molecule has 0 amide bonds. The highest BCUT2D eigenvalue weighted by Crippen LogP contribution is 2.62. The number of hydrogen-bond acceptors (Lipinski definition) is 0. The smallest absolute Gasteiger partial charge is 0.0619 e. The number of rotatable bonds is 1. The summed E-state index contributed by atoms with van der Waals surface area (Å²) < 4.78 is 1.10. The van der Waals surface area contributed by atoms with Gasteiger partial charge in [-0.1, -0.05) is 113 Å². The van der Waals surface area contributed by atoms with E-state index in [1.807, 2.05) is 0 Å². The average molecular weight is 471 g/mol. The zero-order valence-corrected chi connectivity index (χ0v) is 18.9. The van der Waals surface area contributed by atoms with Crippen molar-refractivity contribution in [2.24, 2.45) is 0 Å². The maximum absolute atomic E-state index is 3.65. The molecule has 7 rings (SSSR count). The molecule has 1 spiro atoms. The highest BCUT2D eigenvalue weighted by molar-refractivity contribution is 9.10. The lowest BCUT2D eigenvalue weighted by Gasteiger charge is -2.30. The summed E-state index contributed by atoms with van der Waals surface area (Å²) in [5.74, 6) is 0. The van der Waals surface area contributed by atoms with Gasteiger partial charge in [-0.25, -0.2) is 0 Å². The van der Waals surface area contributed by atoms with Crippen molar-refractivity contribution in [1.29, 1.82) is 0 Å². The van der Waals surface area contributed by atoms with Crippen LogP contribution in [0.4, 0.5) is 0 Å². The molecule has 0 aliphatic heterocycles. The third-order valence-electron chi connectivity index (χ3n) is 7.16. The van der Waals surface area contributed by atoms with Gasteiger partial charge in [0.15, 0.2) is 0 Å². The molecule has 0 bridgehead atoms. The Morgan fingerprint density at radius 3 is 1.47 bits per heavy atom. The third-order valence-corrected chi connectivity index (χ3v) is 7.65. The van der Waals surface area contributed by atoms with E-state index in [-0.39, 0.29) is 5.41 Å². The standard InChI is InChI=1S/C31H19Br/c32-22-9-7-8-20(18-22)21-16-17-26-25-12-3-6-15-29(25)31(30(26)19-21)27-13-4-1-10-23(27)24-11-2-5-14-28(24)31/h1-19H. The molecule has 0 saturated carbocycles. The molecule has 0 nitrogen and oxygen atoms in total. The SMILES string of the molecule is Brc1cccc(-c2ccc3c(c2)C2(c4ccccc4-c4ccccc42)c2ccccc2-3)c1. The van der Waals surface area contributed by atoms with Crippen LogP contribution in [0.25, 0.3) is 33.4 Å². The Morgan fingerprint density at radius 2 is 0.906 bits per heavy atom. The Hall–Kier alpha value is -3.42. The van der Waals surface area contributed by atoms with Crippen molar-refractivity contribution >= 4 is 15.9 Å². The summed E-state index contributed by atoms with van der Waals surface area (Å²) in [6.07, 6.45) is 0. The van der Waals surface area contributed by atoms with E-state index in [9.17, 15) is 0 Å². The van der Waals surface area contributed by atoms with Crippen LogP contribution < -0.4 is 0 Å². The van der Waals surface area contributed by atoms with Crippen LogP contribution in [-0.4, -0.2) is 0 Å². The van der Waals surface area contributed by atoms with Gasteiger partial charge < -0.3 is 0 Å². The monoisotopic (exact) mass is 470 g/mol. The van der Waals surface area contributed by atoms with Crippen LogP contribution in [-0.2, 0) is 5.41 Å². The van der Waals surface area contributed by atoms with Crippen molar-refractivity contribution in [3.63, 3.8) is 0 Å². The molecular weight excluding hydrogens is 452 g/mol. The van der Waals surface area contributed by atoms with Crippen molar-refractivity contribution < 1.29 is 0 Å². The minimum atomic E-state index is -0.277. The van der Waals surface area contributed by atoms with E-state index in [0.29, 0.717) is 0 Å². The first-order chi connectivity index (χ1) is 15.8. The number of benzene rings is 5. The van der Waals surface area contributed by atoms with Crippen molar-refractivity contribution in [1.82, 2.24) is 0 Å². The van der Waals surface area contributed by atoms with E-state index in [1.165, 1.54) is 55.6 Å². The van der Waals surface area contributed by atoms with Crippen LogP contribution in [0, 0.1) is 0 Å². The lowest BCUT2D eigenvalue weighted by molar-refractivity contribution is 0.794. The predicted molar refractivity (Wildman–Crippen MR) is 136 cm³/mol. The van der Waals surface area contributed by atoms with E-state index in [2.05, 4.69) is 131 Å². The normalized spacial score (nSPS) is 14.0. The molecule has 0 saturated heterocycles. The first-order valence-corrected chi connectivity index (χ1v) is 11.8. The summed E-state index contributed by atoms with van der Waals surface area (Å²) in [5.41, 5.74) is 13.1. The van der Waals surface area contributed by atoms with Gasteiger partial charge in [0.2, 0.25) is 0 Å². The minimum Gasteiger partial charge on any atom is -0.0619 e. The minimum absolute atomic E-state index is 0.277. The molecule has 0 heterocycles. The highest BCUT2D eigenvalue weighted by atomic mass is 79.9. The van der Waals surface area contributed by atoms with Crippen LogP contribution in [0.5, 0.6) is 0 Å². The molecule has 0 atom stereocenters. The fourth-order valence-electron chi connectivity index (χ4n) is 5.94. The van der Waals surface area contributed by atoms with Crippen molar-refractivity contribution in [3.05, 3.63) is 142 Å². The van der Waals surface area contributed by atoms with Crippen molar-refractivity contribution in [2.75, 3.05) is 0 Å². The quantitative estimate of drug-likeness (QED) is 0.225. The van der Waals surface area contributed by atoms with E-state index >= 15 is 0 Å². The summed E-state index contributed by atoms with van der Waals surface area (Å²) in [6.45, 7) is 0. The fraction of sp³-hybridized carbons (Fsp3) is 0.0323. The summed E-state index contributed by atoms with van der Waals surface area (Å²) in [6, 6.07) is 42.5. The first-order valence-electron chi connectivity index (χ1n) is 11.0. The Bertz CT molecular complexity index is 1480. The van der Waals surface area contributed by atoms with Crippen LogP contribution in [0.3, 0.4) is 0 Å². The van der Waals surface area contributed by atoms with Gasteiger partial charge >= 0.3 is 0 Å². The van der Waals surface area contributed by atoms with Crippen molar-refractivity contribution in [3.8, 4) is 33.4 Å². The number of fused-ring (bicyclic) bond motifs is 10.